The molecule has 2 heteroatoms. The number of rotatable bonds is 3. The zero-order valence-corrected chi connectivity index (χ0v) is 12.7. The summed E-state index contributed by atoms with van der Waals surface area (Å²) in [7, 11) is 0. The minimum Gasteiger partial charge on any atom is -0.294 e. The molecular weight excluding hydrogens is 258 g/mol. The zero-order valence-electron chi connectivity index (χ0n) is 12.7. The summed E-state index contributed by atoms with van der Waals surface area (Å²) < 4.78 is 0. The predicted molar refractivity (Wildman–Crippen MR) is 84.8 cm³/mol. The number of aromatic nitrogens is 1. The van der Waals surface area contributed by atoms with Gasteiger partial charge in [0, 0.05) is 23.4 Å². The number of ketones is 1. The Morgan fingerprint density at radius 1 is 1.19 bits per heavy atom. The summed E-state index contributed by atoms with van der Waals surface area (Å²) >= 11 is 0. The van der Waals surface area contributed by atoms with Crippen molar-refractivity contribution in [1.29, 1.82) is 0 Å². The van der Waals surface area contributed by atoms with Crippen LogP contribution in [0.5, 0.6) is 0 Å². The number of carbonyl (C=O) groups is 1. The molecule has 0 saturated carbocycles. The third-order valence-corrected chi connectivity index (χ3v) is 4.45. The highest BCUT2D eigenvalue weighted by molar-refractivity contribution is 5.97. The first-order valence-electron chi connectivity index (χ1n) is 7.70. The van der Waals surface area contributed by atoms with Gasteiger partial charge in [-0.3, -0.25) is 9.78 Å². The number of Topliss-reactive ketones (excluding diaryl/α,β-unsaturated/α-hetero) is 1. The van der Waals surface area contributed by atoms with Crippen molar-refractivity contribution in [2.75, 3.05) is 0 Å². The van der Waals surface area contributed by atoms with Crippen LogP contribution in [0.15, 0.2) is 36.4 Å². The molecular formula is C19H21NO. The van der Waals surface area contributed by atoms with E-state index in [1.54, 1.807) is 0 Å². The lowest BCUT2D eigenvalue weighted by molar-refractivity contribution is 0.0970. The minimum absolute atomic E-state index is 0.224. The number of aryl methyl sites for hydroxylation is 3. The van der Waals surface area contributed by atoms with E-state index in [-0.39, 0.29) is 5.78 Å². The van der Waals surface area contributed by atoms with Crippen molar-refractivity contribution in [3.63, 3.8) is 0 Å². The molecule has 1 aromatic heterocycles. The maximum atomic E-state index is 12.6. The van der Waals surface area contributed by atoms with Crippen LogP contribution >= 0.6 is 0 Å². The SMILES string of the molecule is Cc1ccc(C(=O)CC2CCCc3ccccc32)c(C)n1. The van der Waals surface area contributed by atoms with Crippen molar-refractivity contribution >= 4 is 5.78 Å². The van der Waals surface area contributed by atoms with Crippen molar-refractivity contribution in [3.8, 4) is 0 Å². The standard InChI is InChI=1S/C19H21NO/c1-13-10-11-17(14(2)20-13)19(21)12-16-8-5-7-15-6-3-4-9-18(15)16/h3-4,6,9-11,16H,5,7-8,12H2,1-2H3. The first-order valence-corrected chi connectivity index (χ1v) is 7.70. The second-order valence-electron chi connectivity index (χ2n) is 6.00. The lowest BCUT2D eigenvalue weighted by atomic mass is 9.79. The topological polar surface area (TPSA) is 30.0 Å². The number of hydrogen-bond donors (Lipinski definition) is 0. The lowest BCUT2D eigenvalue weighted by Gasteiger charge is -2.25. The predicted octanol–water partition coefficient (Wildman–Crippen LogP) is 4.39. The van der Waals surface area contributed by atoms with E-state index in [4.69, 9.17) is 0 Å². The van der Waals surface area contributed by atoms with Crippen LogP contribution in [0.1, 0.15) is 58.1 Å². The maximum absolute atomic E-state index is 12.6. The Labute approximate surface area is 126 Å². The second-order valence-corrected chi connectivity index (χ2v) is 6.00. The third kappa shape index (κ3) is 2.90. The van der Waals surface area contributed by atoms with Crippen LogP contribution < -0.4 is 0 Å². The molecule has 21 heavy (non-hydrogen) atoms. The van der Waals surface area contributed by atoms with Crippen LogP contribution in [0, 0.1) is 13.8 Å². The van der Waals surface area contributed by atoms with Gasteiger partial charge in [-0.25, -0.2) is 0 Å². The molecule has 0 fully saturated rings. The smallest absolute Gasteiger partial charge is 0.165 e. The van der Waals surface area contributed by atoms with E-state index < -0.39 is 0 Å². The normalized spacial score (nSPS) is 17.3. The Balaban J connectivity index is 1.83. The van der Waals surface area contributed by atoms with E-state index in [2.05, 4.69) is 29.2 Å². The Morgan fingerprint density at radius 2 is 2.00 bits per heavy atom. The molecule has 0 N–H and O–H groups in total. The molecule has 1 atom stereocenters. The fraction of sp³-hybridized carbons (Fsp3) is 0.368. The van der Waals surface area contributed by atoms with Gasteiger partial charge in [-0.15, -0.1) is 0 Å². The molecule has 108 valence electrons. The largest absolute Gasteiger partial charge is 0.294 e. The van der Waals surface area contributed by atoms with Crippen LogP contribution in [-0.4, -0.2) is 10.8 Å². The molecule has 1 aromatic carbocycles. The van der Waals surface area contributed by atoms with E-state index in [0.29, 0.717) is 12.3 Å². The summed E-state index contributed by atoms with van der Waals surface area (Å²) in [6.07, 6.45) is 4.04. The van der Waals surface area contributed by atoms with Crippen LogP contribution in [0.2, 0.25) is 0 Å². The molecule has 1 aliphatic carbocycles. The Bertz CT molecular complexity index is 675. The van der Waals surface area contributed by atoms with E-state index in [1.807, 2.05) is 26.0 Å². The molecule has 2 aromatic rings. The molecule has 0 radical (unpaired) electrons. The van der Waals surface area contributed by atoms with Gasteiger partial charge >= 0.3 is 0 Å². The summed E-state index contributed by atoms with van der Waals surface area (Å²) in [6.45, 7) is 3.88. The van der Waals surface area contributed by atoms with Crippen LogP contribution in [-0.2, 0) is 6.42 Å². The molecule has 1 aliphatic rings. The molecule has 0 amide bonds. The van der Waals surface area contributed by atoms with Crippen LogP contribution in [0.4, 0.5) is 0 Å². The number of pyridine rings is 1. The second kappa shape index (κ2) is 5.80. The van der Waals surface area contributed by atoms with Gasteiger partial charge in [-0.1, -0.05) is 24.3 Å². The fourth-order valence-electron chi connectivity index (χ4n) is 3.38. The molecule has 0 bridgehead atoms. The van der Waals surface area contributed by atoms with Gasteiger partial charge < -0.3 is 0 Å². The molecule has 0 saturated heterocycles. The van der Waals surface area contributed by atoms with Crippen LogP contribution in [0.25, 0.3) is 0 Å². The fourth-order valence-corrected chi connectivity index (χ4v) is 3.38. The monoisotopic (exact) mass is 279 g/mol. The van der Waals surface area contributed by atoms with Crippen LogP contribution in [0.3, 0.4) is 0 Å². The zero-order chi connectivity index (χ0) is 14.8. The minimum atomic E-state index is 0.224. The number of hydrogen-bond acceptors (Lipinski definition) is 2. The van der Waals surface area contributed by atoms with Crippen molar-refractivity contribution in [3.05, 3.63) is 64.5 Å². The van der Waals surface area contributed by atoms with Crippen molar-refractivity contribution in [2.45, 2.75) is 45.4 Å². The first-order chi connectivity index (χ1) is 10.1. The number of benzene rings is 1. The number of fused-ring (bicyclic) bond motifs is 1. The van der Waals surface area contributed by atoms with Gasteiger partial charge in [0.2, 0.25) is 0 Å². The van der Waals surface area contributed by atoms with E-state index in [1.165, 1.54) is 17.5 Å². The molecule has 2 nitrogen and oxygen atoms in total. The van der Waals surface area contributed by atoms with Gasteiger partial charge in [0.15, 0.2) is 5.78 Å². The molecule has 1 heterocycles. The molecule has 0 spiro atoms. The first kappa shape index (κ1) is 14.0. The number of nitrogens with zero attached hydrogens (tertiary/aromatic N) is 1. The maximum Gasteiger partial charge on any atom is 0.165 e. The van der Waals surface area contributed by atoms with Gasteiger partial charge in [0.05, 0.1) is 0 Å². The highest BCUT2D eigenvalue weighted by Crippen LogP contribution is 2.34. The Hall–Kier alpha value is -1.96. The van der Waals surface area contributed by atoms with E-state index in [9.17, 15) is 4.79 Å². The lowest BCUT2D eigenvalue weighted by Crippen LogP contribution is -2.15. The van der Waals surface area contributed by atoms with Crippen molar-refractivity contribution in [1.82, 2.24) is 4.98 Å². The van der Waals surface area contributed by atoms with Gasteiger partial charge in [0.1, 0.15) is 0 Å². The summed E-state index contributed by atoms with van der Waals surface area (Å²) in [5, 5.41) is 0. The number of carbonyl (C=O) groups excluding carboxylic acids is 1. The Kier molecular flexibility index (Phi) is 3.87. The van der Waals surface area contributed by atoms with Gasteiger partial charge in [0.25, 0.3) is 0 Å². The third-order valence-electron chi connectivity index (χ3n) is 4.45. The quantitative estimate of drug-likeness (QED) is 0.780. The summed E-state index contributed by atoms with van der Waals surface area (Å²) in [5.74, 6) is 0.588. The van der Waals surface area contributed by atoms with Gasteiger partial charge in [-0.2, -0.15) is 0 Å². The summed E-state index contributed by atoms with van der Waals surface area (Å²) in [4.78, 5) is 17.0. The van der Waals surface area contributed by atoms with Crippen molar-refractivity contribution < 1.29 is 4.79 Å². The average Bonchev–Trinajstić information content (AvgIpc) is 2.47. The average molecular weight is 279 g/mol. The van der Waals surface area contributed by atoms with Gasteiger partial charge in [-0.05, 0) is 62.3 Å². The molecule has 3 rings (SSSR count). The molecule has 1 unspecified atom stereocenters. The summed E-state index contributed by atoms with van der Waals surface area (Å²) in [5.41, 5.74) is 5.38. The van der Waals surface area contributed by atoms with E-state index in [0.717, 1.165) is 29.8 Å². The highest BCUT2D eigenvalue weighted by Gasteiger charge is 2.23. The van der Waals surface area contributed by atoms with E-state index >= 15 is 0 Å². The summed E-state index contributed by atoms with van der Waals surface area (Å²) in [6, 6.07) is 12.4. The Morgan fingerprint density at radius 3 is 2.81 bits per heavy atom. The molecule has 0 aliphatic heterocycles. The van der Waals surface area contributed by atoms with Crippen molar-refractivity contribution in [2.24, 2.45) is 0 Å². The highest BCUT2D eigenvalue weighted by atomic mass is 16.1.